The van der Waals surface area contributed by atoms with Crippen molar-refractivity contribution in [2.45, 2.75) is 6.54 Å². The lowest BCUT2D eigenvalue weighted by atomic mass is 10.2. The van der Waals surface area contributed by atoms with Gasteiger partial charge >= 0.3 is 6.03 Å². The number of rotatable bonds is 5. The molecule has 0 unspecified atom stereocenters. The number of anilines is 3. The minimum atomic E-state index is -0.237. The Labute approximate surface area is 155 Å². The van der Waals surface area contributed by atoms with Gasteiger partial charge in [0.25, 0.3) is 0 Å². The van der Waals surface area contributed by atoms with Gasteiger partial charge in [0, 0.05) is 28.1 Å². The van der Waals surface area contributed by atoms with Crippen molar-refractivity contribution >= 4 is 39.0 Å². The topological polar surface area (TPSA) is 53.2 Å². The van der Waals surface area contributed by atoms with Gasteiger partial charge in [0.1, 0.15) is 0 Å². The van der Waals surface area contributed by atoms with Gasteiger partial charge in [-0.2, -0.15) is 0 Å². The zero-order valence-corrected chi connectivity index (χ0v) is 15.1. The quantitative estimate of drug-likeness (QED) is 0.532. The molecule has 5 heteroatoms. The smallest absolute Gasteiger partial charge is 0.319 e. The Morgan fingerprint density at radius 1 is 0.760 bits per heavy atom. The third kappa shape index (κ3) is 5.09. The summed E-state index contributed by atoms with van der Waals surface area (Å²) in [5.74, 6) is 0. The molecule has 3 rings (SSSR count). The van der Waals surface area contributed by atoms with E-state index in [9.17, 15) is 4.79 Å². The van der Waals surface area contributed by atoms with E-state index in [0.717, 1.165) is 27.1 Å². The number of benzene rings is 3. The number of nitrogens with one attached hydrogen (secondary N) is 3. The summed E-state index contributed by atoms with van der Waals surface area (Å²) in [5, 5.41) is 8.98. The van der Waals surface area contributed by atoms with Gasteiger partial charge in [-0.1, -0.05) is 52.3 Å². The highest BCUT2D eigenvalue weighted by atomic mass is 79.9. The fourth-order valence-electron chi connectivity index (χ4n) is 2.32. The lowest BCUT2D eigenvalue weighted by Crippen LogP contribution is -2.28. The number of hydrogen-bond donors (Lipinski definition) is 3. The maximum Gasteiger partial charge on any atom is 0.319 e. The molecule has 0 aliphatic heterocycles. The number of halogens is 1. The SMILES string of the molecule is O=C(NCc1ccccc1Br)Nc1ccc(Nc2ccccc2)cc1. The van der Waals surface area contributed by atoms with Gasteiger partial charge in [-0.05, 0) is 48.0 Å². The van der Waals surface area contributed by atoms with Crippen LogP contribution in [0, 0.1) is 0 Å². The molecule has 0 aliphatic rings. The third-order valence-electron chi connectivity index (χ3n) is 3.60. The minimum absolute atomic E-state index is 0.237. The molecule has 3 N–H and O–H groups in total. The van der Waals surface area contributed by atoms with Gasteiger partial charge < -0.3 is 16.0 Å². The summed E-state index contributed by atoms with van der Waals surface area (Å²) in [6, 6.07) is 25.1. The molecule has 25 heavy (non-hydrogen) atoms. The normalized spacial score (nSPS) is 10.1. The Bertz CT molecular complexity index is 835. The fraction of sp³-hybridized carbons (Fsp3) is 0.0500. The van der Waals surface area contributed by atoms with Crippen LogP contribution in [0.25, 0.3) is 0 Å². The molecule has 0 atom stereocenters. The first-order valence-corrected chi connectivity index (χ1v) is 8.70. The third-order valence-corrected chi connectivity index (χ3v) is 4.38. The van der Waals surface area contributed by atoms with Crippen molar-refractivity contribution < 1.29 is 4.79 Å². The van der Waals surface area contributed by atoms with Gasteiger partial charge in [-0.25, -0.2) is 4.79 Å². The first-order chi connectivity index (χ1) is 12.2. The molecule has 0 saturated carbocycles. The Hall–Kier alpha value is -2.79. The summed E-state index contributed by atoms with van der Waals surface area (Å²) < 4.78 is 0.978. The first kappa shape index (κ1) is 17.0. The number of hydrogen-bond acceptors (Lipinski definition) is 2. The Balaban J connectivity index is 1.52. The molecule has 126 valence electrons. The van der Waals surface area contributed by atoms with E-state index in [2.05, 4.69) is 31.9 Å². The van der Waals surface area contributed by atoms with Crippen molar-refractivity contribution in [3.05, 3.63) is 88.9 Å². The second-order valence-electron chi connectivity index (χ2n) is 5.47. The zero-order valence-electron chi connectivity index (χ0n) is 13.5. The van der Waals surface area contributed by atoms with Crippen molar-refractivity contribution in [2.24, 2.45) is 0 Å². The van der Waals surface area contributed by atoms with E-state index in [1.807, 2.05) is 78.9 Å². The number of carbonyl (C=O) groups is 1. The van der Waals surface area contributed by atoms with E-state index < -0.39 is 0 Å². The summed E-state index contributed by atoms with van der Waals surface area (Å²) in [5.41, 5.74) is 3.75. The van der Waals surface area contributed by atoms with Gasteiger partial charge in [-0.15, -0.1) is 0 Å². The molecule has 4 nitrogen and oxygen atoms in total. The summed E-state index contributed by atoms with van der Waals surface area (Å²) in [6.07, 6.45) is 0. The van der Waals surface area contributed by atoms with Gasteiger partial charge in [-0.3, -0.25) is 0 Å². The van der Waals surface area contributed by atoms with E-state index in [1.54, 1.807) is 0 Å². The molecule has 0 fully saturated rings. The average Bonchev–Trinajstić information content (AvgIpc) is 2.64. The molecule has 0 aromatic heterocycles. The Morgan fingerprint density at radius 3 is 2.08 bits per heavy atom. The van der Waals surface area contributed by atoms with Crippen LogP contribution >= 0.6 is 15.9 Å². The van der Waals surface area contributed by atoms with E-state index in [-0.39, 0.29) is 6.03 Å². The number of urea groups is 1. The predicted octanol–water partition coefficient (Wildman–Crippen LogP) is 5.51. The largest absolute Gasteiger partial charge is 0.356 e. The van der Waals surface area contributed by atoms with Crippen LogP contribution < -0.4 is 16.0 Å². The molecule has 3 aromatic carbocycles. The van der Waals surface area contributed by atoms with Crippen molar-refractivity contribution in [3.8, 4) is 0 Å². The van der Waals surface area contributed by atoms with Crippen LogP contribution in [0.2, 0.25) is 0 Å². The first-order valence-electron chi connectivity index (χ1n) is 7.91. The molecule has 3 aromatic rings. The van der Waals surface area contributed by atoms with Crippen LogP contribution in [0.3, 0.4) is 0 Å². The van der Waals surface area contributed by atoms with E-state index >= 15 is 0 Å². The molecule has 0 heterocycles. The molecule has 0 saturated heterocycles. The highest BCUT2D eigenvalue weighted by Crippen LogP contribution is 2.19. The molecular formula is C20H18BrN3O. The lowest BCUT2D eigenvalue weighted by molar-refractivity contribution is 0.251. The van der Waals surface area contributed by atoms with Crippen LogP contribution in [-0.4, -0.2) is 6.03 Å². The standard InChI is InChI=1S/C20H18BrN3O/c21-19-9-5-4-6-15(19)14-22-20(25)24-18-12-10-17(11-13-18)23-16-7-2-1-3-8-16/h1-13,23H,14H2,(H2,22,24,25). The van der Waals surface area contributed by atoms with Gasteiger partial charge in [0.2, 0.25) is 0 Å². The molecule has 0 aliphatic carbocycles. The molecule has 0 spiro atoms. The van der Waals surface area contributed by atoms with Crippen molar-refractivity contribution in [1.82, 2.24) is 5.32 Å². The van der Waals surface area contributed by atoms with Crippen molar-refractivity contribution in [2.75, 3.05) is 10.6 Å². The monoisotopic (exact) mass is 395 g/mol. The maximum absolute atomic E-state index is 12.0. The molecular weight excluding hydrogens is 378 g/mol. The zero-order chi connectivity index (χ0) is 17.5. The van der Waals surface area contributed by atoms with Gasteiger partial charge in [0.15, 0.2) is 0 Å². The summed E-state index contributed by atoms with van der Waals surface area (Å²) in [7, 11) is 0. The summed E-state index contributed by atoms with van der Waals surface area (Å²) >= 11 is 3.47. The maximum atomic E-state index is 12.0. The van der Waals surface area contributed by atoms with Crippen LogP contribution in [0.1, 0.15) is 5.56 Å². The highest BCUT2D eigenvalue weighted by Gasteiger charge is 2.04. The molecule has 0 bridgehead atoms. The molecule has 2 amide bonds. The highest BCUT2D eigenvalue weighted by molar-refractivity contribution is 9.10. The van der Waals surface area contributed by atoms with Crippen molar-refractivity contribution in [1.29, 1.82) is 0 Å². The second-order valence-corrected chi connectivity index (χ2v) is 6.32. The number of carbonyl (C=O) groups excluding carboxylic acids is 1. The average molecular weight is 396 g/mol. The van der Waals surface area contributed by atoms with Crippen LogP contribution in [0.15, 0.2) is 83.3 Å². The van der Waals surface area contributed by atoms with E-state index in [4.69, 9.17) is 0 Å². The summed E-state index contributed by atoms with van der Waals surface area (Å²) in [6.45, 7) is 0.459. The number of amides is 2. The van der Waals surface area contributed by atoms with E-state index in [1.165, 1.54) is 0 Å². The lowest BCUT2D eigenvalue weighted by Gasteiger charge is -2.10. The number of para-hydroxylation sites is 1. The fourth-order valence-corrected chi connectivity index (χ4v) is 2.74. The van der Waals surface area contributed by atoms with Crippen molar-refractivity contribution in [3.63, 3.8) is 0 Å². The van der Waals surface area contributed by atoms with Crippen LogP contribution in [0.5, 0.6) is 0 Å². The van der Waals surface area contributed by atoms with Crippen LogP contribution in [0.4, 0.5) is 21.9 Å². The molecule has 0 radical (unpaired) electrons. The Kier molecular flexibility index (Phi) is 5.69. The van der Waals surface area contributed by atoms with E-state index in [0.29, 0.717) is 6.54 Å². The Morgan fingerprint density at radius 2 is 1.36 bits per heavy atom. The predicted molar refractivity (Wildman–Crippen MR) is 106 cm³/mol. The summed E-state index contributed by atoms with van der Waals surface area (Å²) in [4.78, 5) is 12.0. The van der Waals surface area contributed by atoms with Gasteiger partial charge in [0.05, 0.1) is 0 Å². The minimum Gasteiger partial charge on any atom is -0.356 e. The van der Waals surface area contributed by atoms with Crippen LogP contribution in [-0.2, 0) is 6.54 Å². The second kappa shape index (κ2) is 8.35.